The van der Waals surface area contributed by atoms with E-state index in [-0.39, 0.29) is 11.2 Å². The topological polar surface area (TPSA) is 21.3 Å². The van der Waals surface area contributed by atoms with E-state index in [1.807, 2.05) is 0 Å². The van der Waals surface area contributed by atoms with Crippen LogP contribution in [0.2, 0.25) is 0 Å². The van der Waals surface area contributed by atoms with E-state index in [4.69, 9.17) is 4.74 Å². The van der Waals surface area contributed by atoms with Crippen LogP contribution in [0.4, 0.5) is 0 Å². The van der Waals surface area contributed by atoms with E-state index in [1.165, 1.54) is 25.7 Å². The Morgan fingerprint density at radius 2 is 1.72 bits per heavy atom. The van der Waals surface area contributed by atoms with Crippen molar-refractivity contribution in [3.8, 4) is 0 Å². The quantitative estimate of drug-likeness (QED) is 0.831. The lowest BCUT2D eigenvalue weighted by Crippen LogP contribution is -2.45. The zero-order chi connectivity index (χ0) is 13.1. The Bertz CT molecular complexity index is 326. The number of rotatable bonds is 3. The van der Waals surface area contributed by atoms with Crippen LogP contribution in [0, 0.1) is 23.7 Å². The van der Waals surface area contributed by atoms with Crippen molar-refractivity contribution in [2.45, 2.75) is 70.6 Å². The molecule has 0 bridgehead atoms. The molecule has 0 aromatic rings. The molecule has 4 atom stereocenters. The van der Waals surface area contributed by atoms with Crippen molar-refractivity contribution in [1.82, 2.24) is 5.32 Å². The monoisotopic (exact) mass is 251 g/mol. The number of hydrogen-bond donors (Lipinski definition) is 1. The first-order chi connectivity index (χ1) is 8.36. The van der Waals surface area contributed by atoms with Gasteiger partial charge in [0, 0.05) is 12.0 Å². The molecule has 18 heavy (non-hydrogen) atoms. The molecule has 2 nitrogen and oxygen atoms in total. The summed E-state index contributed by atoms with van der Waals surface area (Å²) < 4.78 is 6.29. The summed E-state index contributed by atoms with van der Waals surface area (Å²) in [6, 6.07) is 0.664. The summed E-state index contributed by atoms with van der Waals surface area (Å²) in [6.07, 6.45) is 5.62. The van der Waals surface area contributed by atoms with Crippen molar-refractivity contribution in [2.75, 3.05) is 7.05 Å². The summed E-state index contributed by atoms with van der Waals surface area (Å²) in [5.41, 5.74) is 0.0708. The van der Waals surface area contributed by atoms with Gasteiger partial charge in [-0.1, -0.05) is 6.42 Å². The minimum atomic E-state index is 0.0219. The summed E-state index contributed by atoms with van der Waals surface area (Å²) >= 11 is 0. The standard InChI is InChI=1S/C16H29NO/c1-15(2)9-12(16(3,4)18-15)14(17-5)13-10-7-6-8-11(10)13/h10-14,17H,6-9H2,1-5H3. The van der Waals surface area contributed by atoms with E-state index in [0.717, 1.165) is 17.8 Å². The molecule has 3 aliphatic rings. The molecule has 0 aromatic carbocycles. The van der Waals surface area contributed by atoms with Crippen LogP contribution in [0.25, 0.3) is 0 Å². The maximum absolute atomic E-state index is 6.29. The first-order valence-electron chi connectivity index (χ1n) is 7.73. The maximum atomic E-state index is 6.29. The third-order valence-electron chi connectivity index (χ3n) is 5.80. The van der Waals surface area contributed by atoms with E-state index in [2.05, 4.69) is 40.1 Å². The van der Waals surface area contributed by atoms with Crippen molar-refractivity contribution < 1.29 is 4.74 Å². The number of fused-ring (bicyclic) bond motifs is 1. The molecule has 3 fully saturated rings. The highest BCUT2D eigenvalue weighted by Gasteiger charge is 2.60. The fourth-order valence-corrected chi connectivity index (χ4v) is 5.24. The Morgan fingerprint density at radius 3 is 2.17 bits per heavy atom. The minimum Gasteiger partial charge on any atom is -0.369 e. The predicted molar refractivity (Wildman–Crippen MR) is 74.5 cm³/mol. The van der Waals surface area contributed by atoms with Crippen molar-refractivity contribution in [3.63, 3.8) is 0 Å². The number of ether oxygens (including phenoxy) is 1. The molecule has 1 aliphatic heterocycles. The van der Waals surface area contributed by atoms with Crippen LogP contribution in [0.15, 0.2) is 0 Å². The molecule has 2 heteroatoms. The van der Waals surface area contributed by atoms with Crippen LogP contribution in [-0.2, 0) is 4.74 Å². The second-order valence-corrected chi connectivity index (χ2v) is 7.93. The van der Waals surface area contributed by atoms with Crippen molar-refractivity contribution in [3.05, 3.63) is 0 Å². The Balaban J connectivity index is 1.76. The molecule has 2 saturated carbocycles. The van der Waals surface area contributed by atoms with Crippen LogP contribution in [0.5, 0.6) is 0 Å². The molecule has 0 radical (unpaired) electrons. The smallest absolute Gasteiger partial charge is 0.0677 e. The average molecular weight is 251 g/mol. The fraction of sp³-hybridized carbons (Fsp3) is 1.00. The summed E-state index contributed by atoms with van der Waals surface area (Å²) in [7, 11) is 2.15. The second-order valence-electron chi connectivity index (χ2n) is 7.93. The lowest BCUT2D eigenvalue weighted by molar-refractivity contribution is -0.0785. The van der Waals surface area contributed by atoms with Gasteiger partial charge in [-0.25, -0.2) is 0 Å². The molecule has 1 saturated heterocycles. The van der Waals surface area contributed by atoms with Crippen LogP contribution in [0.3, 0.4) is 0 Å². The van der Waals surface area contributed by atoms with Crippen molar-refractivity contribution in [1.29, 1.82) is 0 Å². The van der Waals surface area contributed by atoms with E-state index in [1.54, 1.807) is 0 Å². The number of hydrogen-bond acceptors (Lipinski definition) is 2. The first-order valence-corrected chi connectivity index (χ1v) is 7.73. The molecule has 104 valence electrons. The average Bonchev–Trinajstić information content (AvgIpc) is 2.64. The van der Waals surface area contributed by atoms with Gasteiger partial charge in [0.2, 0.25) is 0 Å². The SMILES string of the molecule is CNC(C1C2CCCC21)C1CC(C)(C)OC1(C)C. The highest BCUT2D eigenvalue weighted by Crippen LogP contribution is 2.61. The van der Waals surface area contributed by atoms with E-state index in [9.17, 15) is 0 Å². The van der Waals surface area contributed by atoms with Gasteiger partial charge in [0.1, 0.15) is 0 Å². The zero-order valence-corrected chi connectivity index (χ0v) is 12.6. The summed E-state index contributed by atoms with van der Waals surface area (Å²) in [4.78, 5) is 0. The second kappa shape index (κ2) is 3.96. The Hall–Kier alpha value is -0.0800. The molecule has 3 rings (SSSR count). The van der Waals surface area contributed by atoms with Gasteiger partial charge in [-0.05, 0) is 71.8 Å². The number of nitrogens with one attached hydrogen (secondary N) is 1. The lowest BCUT2D eigenvalue weighted by Gasteiger charge is -2.34. The van der Waals surface area contributed by atoms with E-state index < -0.39 is 0 Å². The van der Waals surface area contributed by atoms with Gasteiger partial charge in [0.25, 0.3) is 0 Å². The third-order valence-corrected chi connectivity index (χ3v) is 5.80. The van der Waals surface area contributed by atoms with Gasteiger partial charge in [-0.2, -0.15) is 0 Å². The molecule has 2 aliphatic carbocycles. The maximum Gasteiger partial charge on any atom is 0.0677 e. The zero-order valence-electron chi connectivity index (χ0n) is 12.6. The predicted octanol–water partition coefficient (Wildman–Crippen LogP) is 3.21. The molecule has 0 spiro atoms. The van der Waals surface area contributed by atoms with E-state index in [0.29, 0.717) is 12.0 Å². The molecule has 4 unspecified atom stereocenters. The Labute approximate surface area is 112 Å². The first kappa shape index (κ1) is 12.9. The molecular formula is C16H29NO. The molecule has 0 amide bonds. The summed E-state index contributed by atoms with van der Waals surface area (Å²) in [5.74, 6) is 3.66. The minimum absolute atomic E-state index is 0.0219. The van der Waals surface area contributed by atoms with Gasteiger partial charge >= 0.3 is 0 Å². The van der Waals surface area contributed by atoms with Crippen LogP contribution < -0.4 is 5.32 Å². The normalized spacial score (nSPS) is 45.8. The Kier molecular flexibility index (Phi) is 2.84. The summed E-state index contributed by atoms with van der Waals surface area (Å²) in [5, 5.41) is 3.65. The van der Waals surface area contributed by atoms with Crippen LogP contribution in [-0.4, -0.2) is 24.3 Å². The molecule has 0 aromatic heterocycles. The van der Waals surface area contributed by atoms with Gasteiger partial charge in [-0.15, -0.1) is 0 Å². The lowest BCUT2D eigenvalue weighted by atomic mass is 9.78. The largest absolute Gasteiger partial charge is 0.369 e. The highest BCUT2D eigenvalue weighted by atomic mass is 16.5. The van der Waals surface area contributed by atoms with Gasteiger partial charge in [0.05, 0.1) is 11.2 Å². The third kappa shape index (κ3) is 1.92. The molecule has 1 heterocycles. The van der Waals surface area contributed by atoms with Gasteiger partial charge in [0.15, 0.2) is 0 Å². The van der Waals surface area contributed by atoms with Crippen LogP contribution in [0.1, 0.15) is 53.4 Å². The van der Waals surface area contributed by atoms with E-state index >= 15 is 0 Å². The van der Waals surface area contributed by atoms with Crippen LogP contribution >= 0.6 is 0 Å². The highest BCUT2D eigenvalue weighted by molar-refractivity contribution is 5.11. The van der Waals surface area contributed by atoms with Gasteiger partial charge in [-0.3, -0.25) is 0 Å². The van der Waals surface area contributed by atoms with Gasteiger partial charge < -0.3 is 10.1 Å². The fourth-order valence-electron chi connectivity index (χ4n) is 5.24. The molecule has 1 N–H and O–H groups in total. The Morgan fingerprint density at radius 1 is 1.11 bits per heavy atom. The molecular weight excluding hydrogens is 222 g/mol. The van der Waals surface area contributed by atoms with Crippen molar-refractivity contribution in [2.24, 2.45) is 23.7 Å². The van der Waals surface area contributed by atoms with Crippen molar-refractivity contribution >= 4 is 0 Å². The summed E-state index contributed by atoms with van der Waals surface area (Å²) in [6.45, 7) is 9.06.